The zero-order valence-corrected chi connectivity index (χ0v) is 21.0. The molecule has 0 N–H and O–H groups in total. The Bertz CT molecular complexity index is 1370. The van der Waals surface area contributed by atoms with Gasteiger partial charge in [0.05, 0.1) is 20.9 Å². The van der Waals surface area contributed by atoms with Gasteiger partial charge in [-0.25, -0.2) is 9.37 Å². The zero-order valence-electron chi connectivity index (χ0n) is 18.6. The van der Waals surface area contributed by atoms with Gasteiger partial charge in [0.1, 0.15) is 17.3 Å². The molecule has 0 bridgehead atoms. The average molecular weight is 518 g/mol. The number of thiazole rings is 1. The minimum Gasteiger partial charge on any atom is -0.459 e. The molecule has 1 fully saturated rings. The van der Waals surface area contributed by atoms with Crippen LogP contribution in [0, 0.1) is 12.7 Å². The highest BCUT2D eigenvalue weighted by Gasteiger charge is 2.33. The van der Waals surface area contributed by atoms with Crippen molar-refractivity contribution in [3.8, 4) is 10.4 Å². The molecule has 9 heteroatoms. The maximum absolute atomic E-state index is 13.8. The van der Waals surface area contributed by atoms with E-state index in [1.54, 1.807) is 18.2 Å². The van der Waals surface area contributed by atoms with Gasteiger partial charge < -0.3 is 14.2 Å². The molecule has 5 rings (SSSR count). The van der Waals surface area contributed by atoms with Crippen molar-refractivity contribution < 1.29 is 13.6 Å². The quantitative estimate of drug-likeness (QED) is 0.318. The van der Waals surface area contributed by atoms with Gasteiger partial charge in [0.25, 0.3) is 5.91 Å². The predicted molar refractivity (Wildman–Crippen MR) is 135 cm³/mol. The monoisotopic (exact) mass is 517 g/mol. The molecule has 1 amide bonds. The molecule has 5 nitrogen and oxygen atoms in total. The summed E-state index contributed by atoms with van der Waals surface area (Å²) in [5, 5.41) is 2.64. The molecule has 0 saturated carbocycles. The third kappa shape index (κ3) is 4.58. The fourth-order valence-corrected chi connectivity index (χ4v) is 5.88. The summed E-state index contributed by atoms with van der Waals surface area (Å²) in [7, 11) is 2.04. The van der Waals surface area contributed by atoms with Crippen LogP contribution >= 0.6 is 34.5 Å². The fraction of sp³-hybridized carbons (Fsp3) is 0.280. The van der Waals surface area contributed by atoms with Gasteiger partial charge in [-0.1, -0.05) is 35.3 Å². The number of furan rings is 1. The molecule has 2 aromatic carbocycles. The first-order valence-electron chi connectivity index (χ1n) is 10.9. The topological polar surface area (TPSA) is 49.6 Å². The summed E-state index contributed by atoms with van der Waals surface area (Å²) in [4.78, 5) is 23.2. The third-order valence-electron chi connectivity index (χ3n) is 6.01. The summed E-state index contributed by atoms with van der Waals surface area (Å²) in [5.74, 6) is 0.300. The highest BCUT2D eigenvalue weighted by atomic mass is 35.5. The molecule has 3 heterocycles. The van der Waals surface area contributed by atoms with E-state index in [1.807, 2.05) is 31.0 Å². The molecule has 0 unspecified atom stereocenters. The summed E-state index contributed by atoms with van der Waals surface area (Å²) in [6, 6.07) is 11.5. The SMILES string of the molecule is Cc1nc(C(=O)N2CCN(C)C[C@@H]2Cc2cc3cc(Cl)cc(Cl)c3o2)c(-c2ccc(F)cc2)s1. The molecule has 1 saturated heterocycles. The average Bonchev–Trinajstić information content (AvgIpc) is 3.37. The molecule has 34 heavy (non-hydrogen) atoms. The van der Waals surface area contributed by atoms with Crippen LogP contribution in [-0.4, -0.2) is 53.4 Å². The molecule has 176 valence electrons. The number of aromatic nitrogens is 1. The van der Waals surface area contributed by atoms with Crippen molar-refractivity contribution in [2.45, 2.75) is 19.4 Å². The first-order valence-corrected chi connectivity index (χ1v) is 12.5. The van der Waals surface area contributed by atoms with E-state index in [0.29, 0.717) is 40.8 Å². The number of nitrogens with zero attached hydrogens (tertiary/aromatic N) is 3. The lowest BCUT2D eigenvalue weighted by Crippen LogP contribution is -2.55. The number of hydrogen-bond donors (Lipinski definition) is 0. The van der Waals surface area contributed by atoms with E-state index in [1.165, 1.54) is 23.5 Å². The van der Waals surface area contributed by atoms with Crippen LogP contribution in [0.5, 0.6) is 0 Å². The van der Waals surface area contributed by atoms with E-state index in [-0.39, 0.29) is 17.8 Å². The lowest BCUT2D eigenvalue weighted by atomic mass is 10.0. The number of carbonyl (C=O) groups excluding carboxylic acids is 1. The number of likely N-dealkylation sites (N-methyl/N-ethyl adjacent to an activating group) is 1. The van der Waals surface area contributed by atoms with Crippen LogP contribution < -0.4 is 0 Å². The van der Waals surface area contributed by atoms with Crippen molar-refractivity contribution in [1.82, 2.24) is 14.8 Å². The van der Waals surface area contributed by atoms with Gasteiger partial charge >= 0.3 is 0 Å². The molecular weight excluding hydrogens is 496 g/mol. The van der Waals surface area contributed by atoms with Crippen LogP contribution in [0.15, 0.2) is 46.9 Å². The molecule has 0 spiro atoms. The van der Waals surface area contributed by atoms with E-state index in [4.69, 9.17) is 27.6 Å². The summed E-state index contributed by atoms with van der Waals surface area (Å²) in [5.41, 5.74) is 1.78. The molecule has 1 aliphatic heterocycles. The number of hydrogen-bond acceptors (Lipinski definition) is 5. The van der Waals surface area contributed by atoms with Gasteiger partial charge in [0.2, 0.25) is 0 Å². The maximum atomic E-state index is 13.8. The van der Waals surface area contributed by atoms with Crippen LogP contribution in [0.4, 0.5) is 4.39 Å². The fourth-order valence-electron chi connectivity index (χ4n) is 4.42. The van der Waals surface area contributed by atoms with Crippen LogP contribution in [0.25, 0.3) is 21.4 Å². The number of halogens is 3. The number of rotatable bonds is 4. The molecule has 2 aromatic heterocycles. The van der Waals surface area contributed by atoms with Crippen LogP contribution in [-0.2, 0) is 6.42 Å². The van der Waals surface area contributed by atoms with Gasteiger partial charge in [-0.15, -0.1) is 11.3 Å². The minimum atomic E-state index is -0.316. The number of fused-ring (bicyclic) bond motifs is 1. The molecule has 0 aliphatic carbocycles. The minimum absolute atomic E-state index is 0.107. The van der Waals surface area contributed by atoms with Gasteiger partial charge in [0.15, 0.2) is 5.58 Å². The number of carbonyl (C=O) groups is 1. The Hall–Kier alpha value is -2.45. The second kappa shape index (κ2) is 9.30. The van der Waals surface area contributed by atoms with Crippen LogP contribution in [0.3, 0.4) is 0 Å². The Labute approximate surface area is 210 Å². The molecule has 0 radical (unpaired) electrons. The molecular formula is C25H22Cl2FN3O2S. The molecule has 1 atom stereocenters. The molecule has 4 aromatic rings. The summed E-state index contributed by atoms with van der Waals surface area (Å²) in [6.45, 7) is 3.91. The van der Waals surface area contributed by atoms with Gasteiger partial charge in [-0.05, 0) is 49.9 Å². The van der Waals surface area contributed by atoms with Crippen molar-refractivity contribution in [3.63, 3.8) is 0 Å². The Morgan fingerprint density at radius 2 is 1.97 bits per heavy atom. The van der Waals surface area contributed by atoms with Crippen molar-refractivity contribution in [2.24, 2.45) is 0 Å². The van der Waals surface area contributed by atoms with Crippen molar-refractivity contribution in [3.05, 3.63) is 74.8 Å². The number of benzene rings is 2. The number of piperazine rings is 1. The number of amides is 1. The normalized spacial score (nSPS) is 17.0. The Kier molecular flexibility index (Phi) is 6.37. The van der Waals surface area contributed by atoms with Gasteiger partial charge in [-0.2, -0.15) is 0 Å². The van der Waals surface area contributed by atoms with Crippen molar-refractivity contribution in [1.29, 1.82) is 0 Å². The predicted octanol–water partition coefficient (Wildman–Crippen LogP) is 6.31. The lowest BCUT2D eigenvalue weighted by molar-refractivity contribution is 0.0489. The summed E-state index contributed by atoms with van der Waals surface area (Å²) in [6.07, 6.45) is 0.535. The highest BCUT2D eigenvalue weighted by molar-refractivity contribution is 7.15. The van der Waals surface area contributed by atoms with E-state index in [0.717, 1.165) is 33.1 Å². The zero-order chi connectivity index (χ0) is 24.0. The van der Waals surface area contributed by atoms with E-state index in [2.05, 4.69) is 9.88 Å². The van der Waals surface area contributed by atoms with E-state index in [9.17, 15) is 9.18 Å². The Morgan fingerprint density at radius 1 is 1.21 bits per heavy atom. The Morgan fingerprint density at radius 3 is 2.74 bits per heavy atom. The standard InChI is InChI=1S/C25H22Cl2FN3O2S/c1-14-29-22(24(34-14)15-3-5-18(28)6-4-15)25(32)31-8-7-30(2)13-19(31)12-20-10-16-9-17(26)11-21(27)23(16)33-20/h3-6,9-11,19H,7-8,12-13H2,1-2H3/t19-/m0/s1. The van der Waals surface area contributed by atoms with Crippen LogP contribution in [0.1, 0.15) is 21.3 Å². The van der Waals surface area contributed by atoms with Crippen LogP contribution in [0.2, 0.25) is 10.0 Å². The first-order chi connectivity index (χ1) is 16.3. The summed E-state index contributed by atoms with van der Waals surface area (Å²) < 4.78 is 19.5. The van der Waals surface area contributed by atoms with Crippen molar-refractivity contribution in [2.75, 3.05) is 26.7 Å². The second-order valence-electron chi connectivity index (χ2n) is 8.55. The second-order valence-corrected chi connectivity index (χ2v) is 10.6. The number of aryl methyl sites for hydroxylation is 1. The highest BCUT2D eigenvalue weighted by Crippen LogP contribution is 2.34. The van der Waals surface area contributed by atoms with Crippen molar-refractivity contribution >= 4 is 51.4 Å². The van der Waals surface area contributed by atoms with E-state index >= 15 is 0 Å². The van der Waals surface area contributed by atoms with Gasteiger partial charge in [-0.3, -0.25) is 4.79 Å². The lowest BCUT2D eigenvalue weighted by Gasteiger charge is -2.39. The third-order valence-corrected chi connectivity index (χ3v) is 7.53. The Balaban J connectivity index is 1.46. The molecule has 1 aliphatic rings. The first kappa shape index (κ1) is 23.3. The van der Waals surface area contributed by atoms with Gasteiger partial charge in [0, 0.05) is 36.5 Å². The summed E-state index contributed by atoms with van der Waals surface area (Å²) >= 11 is 13.9. The van der Waals surface area contributed by atoms with E-state index < -0.39 is 0 Å². The maximum Gasteiger partial charge on any atom is 0.274 e. The largest absolute Gasteiger partial charge is 0.459 e. The smallest absolute Gasteiger partial charge is 0.274 e.